The number of ether oxygens (including phenoxy) is 2. The van der Waals surface area contributed by atoms with E-state index >= 15 is 0 Å². The van der Waals surface area contributed by atoms with Gasteiger partial charge in [0.05, 0.1) is 14.2 Å². The SMILES string of the molecule is COC(=O)c1[nH]c(C(=O)OC)c(-c2ccccc2C)c1-c1ccccc1C. The molecule has 0 saturated carbocycles. The normalized spacial score (nSPS) is 10.5. The number of rotatable bonds is 4. The van der Waals surface area contributed by atoms with Crippen molar-refractivity contribution in [1.82, 2.24) is 4.98 Å². The maximum atomic E-state index is 12.5. The van der Waals surface area contributed by atoms with Crippen LogP contribution < -0.4 is 0 Å². The molecule has 5 nitrogen and oxygen atoms in total. The maximum Gasteiger partial charge on any atom is 0.355 e. The summed E-state index contributed by atoms with van der Waals surface area (Å²) in [5.41, 5.74) is 5.38. The third kappa shape index (κ3) is 3.24. The minimum Gasteiger partial charge on any atom is -0.464 e. The Morgan fingerprint density at radius 1 is 0.704 bits per heavy atom. The molecule has 0 fully saturated rings. The number of benzene rings is 2. The Balaban J connectivity index is 2.47. The van der Waals surface area contributed by atoms with Crippen molar-refractivity contribution in [1.29, 1.82) is 0 Å². The molecule has 3 aromatic rings. The van der Waals surface area contributed by atoms with Crippen LogP contribution in [0.4, 0.5) is 0 Å². The molecule has 0 radical (unpaired) electrons. The zero-order chi connectivity index (χ0) is 19.6. The van der Waals surface area contributed by atoms with Gasteiger partial charge in [-0.2, -0.15) is 0 Å². The molecule has 1 N–H and O–H groups in total. The molecule has 0 amide bonds. The number of carbonyl (C=O) groups is 2. The van der Waals surface area contributed by atoms with Crippen LogP contribution in [0, 0.1) is 13.8 Å². The van der Waals surface area contributed by atoms with Crippen molar-refractivity contribution in [3.8, 4) is 22.3 Å². The second-order valence-electron chi connectivity index (χ2n) is 6.24. The molecule has 1 aromatic heterocycles. The van der Waals surface area contributed by atoms with Gasteiger partial charge >= 0.3 is 11.9 Å². The Bertz CT molecular complexity index is 937. The van der Waals surface area contributed by atoms with E-state index in [1.165, 1.54) is 14.2 Å². The highest BCUT2D eigenvalue weighted by atomic mass is 16.5. The summed E-state index contributed by atoms with van der Waals surface area (Å²) in [5.74, 6) is -1.09. The molecule has 1 heterocycles. The standard InChI is InChI=1S/C22H21NO4/c1-13-9-5-7-11-15(13)17-18(16-12-8-6-10-14(16)2)20(22(25)27-4)23-19(17)21(24)26-3/h5-12,23H,1-4H3. The Kier molecular flexibility index (Phi) is 5.12. The minimum atomic E-state index is -0.543. The monoisotopic (exact) mass is 363 g/mol. The van der Waals surface area contributed by atoms with Gasteiger partial charge in [0.2, 0.25) is 0 Å². The van der Waals surface area contributed by atoms with Crippen molar-refractivity contribution in [3.63, 3.8) is 0 Å². The van der Waals surface area contributed by atoms with E-state index in [1.807, 2.05) is 62.4 Å². The maximum absolute atomic E-state index is 12.5. The van der Waals surface area contributed by atoms with Gasteiger partial charge in [-0.3, -0.25) is 0 Å². The summed E-state index contributed by atoms with van der Waals surface area (Å²) in [5, 5.41) is 0. The summed E-state index contributed by atoms with van der Waals surface area (Å²) >= 11 is 0. The van der Waals surface area contributed by atoms with E-state index in [0.717, 1.165) is 22.3 Å². The molecular formula is C22H21NO4. The van der Waals surface area contributed by atoms with Crippen LogP contribution in [0.5, 0.6) is 0 Å². The number of esters is 2. The van der Waals surface area contributed by atoms with Gasteiger partial charge in [-0.1, -0.05) is 48.5 Å². The van der Waals surface area contributed by atoms with Crippen LogP contribution in [-0.4, -0.2) is 31.1 Å². The van der Waals surface area contributed by atoms with Gasteiger partial charge in [-0.25, -0.2) is 9.59 Å². The van der Waals surface area contributed by atoms with Gasteiger partial charge < -0.3 is 14.5 Å². The van der Waals surface area contributed by atoms with Crippen molar-refractivity contribution >= 4 is 11.9 Å². The summed E-state index contributed by atoms with van der Waals surface area (Å²) in [4.78, 5) is 28.0. The molecule has 2 aromatic carbocycles. The lowest BCUT2D eigenvalue weighted by Crippen LogP contribution is -2.06. The second kappa shape index (κ2) is 7.50. The highest BCUT2D eigenvalue weighted by Crippen LogP contribution is 2.41. The Morgan fingerprint density at radius 2 is 1.07 bits per heavy atom. The minimum absolute atomic E-state index is 0.227. The fourth-order valence-electron chi connectivity index (χ4n) is 3.26. The van der Waals surface area contributed by atoms with Crippen molar-refractivity contribution in [2.75, 3.05) is 14.2 Å². The molecule has 3 rings (SSSR count). The number of aromatic nitrogens is 1. The van der Waals surface area contributed by atoms with E-state index in [2.05, 4.69) is 4.98 Å². The van der Waals surface area contributed by atoms with Crippen LogP contribution in [0.2, 0.25) is 0 Å². The van der Waals surface area contributed by atoms with Gasteiger partial charge in [-0.15, -0.1) is 0 Å². The predicted molar refractivity (Wildman–Crippen MR) is 104 cm³/mol. The van der Waals surface area contributed by atoms with Gasteiger partial charge in [0.1, 0.15) is 11.4 Å². The molecule has 0 atom stereocenters. The summed E-state index contributed by atoms with van der Waals surface area (Å²) in [6, 6.07) is 15.4. The molecule has 27 heavy (non-hydrogen) atoms. The molecular weight excluding hydrogens is 342 g/mol. The molecule has 138 valence electrons. The molecule has 0 unspecified atom stereocenters. The van der Waals surface area contributed by atoms with E-state index in [0.29, 0.717) is 11.1 Å². The number of methoxy groups -OCH3 is 2. The highest BCUT2D eigenvalue weighted by Gasteiger charge is 2.29. The first kappa shape index (κ1) is 18.5. The van der Waals surface area contributed by atoms with Gasteiger partial charge in [0.25, 0.3) is 0 Å². The zero-order valence-corrected chi connectivity index (χ0v) is 15.8. The number of nitrogens with one attached hydrogen (secondary N) is 1. The fraction of sp³-hybridized carbons (Fsp3) is 0.182. The van der Waals surface area contributed by atoms with Crippen molar-refractivity contribution in [3.05, 3.63) is 71.0 Å². The van der Waals surface area contributed by atoms with Crippen LogP contribution in [0.15, 0.2) is 48.5 Å². The first-order valence-electron chi connectivity index (χ1n) is 8.54. The summed E-state index contributed by atoms with van der Waals surface area (Å²) in [6.07, 6.45) is 0. The van der Waals surface area contributed by atoms with Gasteiger partial charge in [0, 0.05) is 11.1 Å². The summed E-state index contributed by atoms with van der Waals surface area (Å²) in [7, 11) is 2.63. The smallest absolute Gasteiger partial charge is 0.355 e. The Labute approximate surface area is 157 Å². The van der Waals surface area contributed by atoms with Crippen LogP contribution >= 0.6 is 0 Å². The van der Waals surface area contributed by atoms with E-state index in [-0.39, 0.29) is 11.4 Å². The van der Waals surface area contributed by atoms with Crippen molar-refractivity contribution < 1.29 is 19.1 Å². The Hall–Kier alpha value is -3.34. The lowest BCUT2D eigenvalue weighted by Gasteiger charge is -2.12. The largest absolute Gasteiger partial charge is 0.464 e. The van der Waals surface area contributed by atoms with Crippen LogP contribution in [0.3, 0.4) is 0 Å². The third-order valence-corrected chi connectivity index (χ3v) is 4.61. The van der Waals surface area contributed by atoms with Crippen molar-refractivity contribution in [2.24, 2.45) is 0 Å². The first-order chi connectivity index (χ1) is 13.0. The van der Waals surface area contributed by atoms with E-state index in [4.69, 9.17) is 9.47 Å². The van der Waals surface area contributed by atoms with Crippen LogP contribution in [0.1, 0.15) is 32.1 Å². The number of aromatic amines is 1. The summed E-state index contributed by atoms with van der Waals surface area (Å²) in [6.45, 7) is 3.92. The van der Waals surface area contributed by atoms with E-state index < -0.39 is 11.9 Å². The second-order valence-corrected chi connectivity index (χ2v) is 6.24. The third-order valence-electron chi connectivity index (χ3n) is 4.61. The molecule has 0 saturated heterocycles. The summed E-state index contributed by atoms with van der Waals surface area (Å²) < 4.78 is 9.93. The molecule has 0 spiro atoms. The van der Waals surface area contributed by atoms with E-state index in [1.54, 1.807) is 0 Å². The first-order valence-corrected chi connectivity index (χ1v) is 8.54. The lowest BCUT2D eigenvalue weighted by atomic mass is 9.90. The predicted octanol–water partition coefficient (Wildman–Crippen LogP) is 4.54. The van der Waals surface area contributed by atoms with Gasteiger partial charge in [0.15, 0.2) is 0 Å². The number of hydrogen-bond acceptors (Lipinski definition) is 4. The molecule has 0 aliphatic carbocycles. The molecule has 5 heteroatoms. The molecule has 0 aliphatic heterocycles. The number of H-pyrrole nitrogens is 1. The van der Waals surface area contributed by atoms with Crippen LogP contribution in [0.25, 0.3) is 22.3 Å². The average molecular weight is 363 g/mol. The highest BCUT2D eigenvalue weighted by molar-refractivity contribution is 6.09. The quantitative estimate of drug-likeness (QED) is 0.691. The molecule has 0 bridgehead atoms. The zero-order valence-electron chi connectivity index (χ0n) is 15.8. The molecule has 0 aliphatic rings. The number of hydrogen-bond donors (Lipinski definition) is 1. The lowest BCUT2D eigenvalue weighted by molar-refractivity contribution is 0.0591. The van der Waals surface area contributed by atoms with Crippen LogP contribution in [-0.2, 0) is 9.47 Å². The van der Waals surface area contributed by atoms with Crippen molar-refractivity contribution in [2.45, 2.75) is 13.8 Å². The number of aryl methyl sites for hydroxylation is 2. The average Bonchev–Trinajstić information content (AvgIpc) is 3.07. The topological polar surface area (TPSA) is 68.4 Å². The number of carbonyl (C=O) groups excluding carboxylic acids is 2. The van der Waals surface area contributed by atoms with Gasteiger partial charge in [-0.05, 0) is 36.1 Å². The Morgan fingerprint density at radius 3 is 1.41 bits per heavy atom. The fourth-order valence-corrected chi connectivity index (χ4v) is 3.26. The van der Waals surface area contributed by atoms with E-state index in [9.17, 15) is 9.59 Å².